The van der Waals surface area contributed by atoms with Crippen molar-refractivity contribution in [2.75, 3.05) is 0 Å². The molecule has 2 rings (SSSR count). The number of nitrogens with one attached hydrogen (secondary N) is 2. The molecule has 3 amide bonds. The summed E-state index contributed by atoms with van der Waals surface area (Å²) in [5.74, 6) is -1.24. The van der Waals surface area contributed by atoms with Crippen LogP contribution in [-0.2, 0) is 14.4 Å². The van der Waals surface area contributed by atoms with Crippen molar-refractivity contribution in [1.82, 2.24) is 10.6 Å². The average molecular weight is 327 g/mol. The largest absolute Gasteiger partial charge is 0.341 e. The van der Waals surface area contributed by atoms with Crippen LogP contribution in [0.5, 0.6) is 0 Å². The molecule has 1 fully saturated rings. The second-order valence-corrected chi connectivity index (χ2v) is 5.42. The van der Waals surface area contributed by atoms with Gasteiger partial charge in [0.05, 0.1) is 0 Å². The quantitative estimate of drug-likeness (QED) is 0.658. The van der Waals surface area contributed by atoms with E-state index in [4.69, 9.17) is 23.2 Å². The third-order valence-corrected chi connectivity index (χ3v) is 3.30. The van der Waals surface area contributed by atoms with E-state index in [-0.39, 0.29) is 12.3 Å². The number of hydrogen-bond donors (Lipinski definition) is 2. The zero-order valence-corrected chi connectivity index (χ0v) is 12.4. The van der Waals surface area contributed by atoms with Crippen molar-refractivity contribution >= 4 is 47.0 Å². The van der Waals surface area contributed by atoms with Gasteiger partial charge in [0.1, 0.15) is 6.04 Å². The number of halogens is 2. The van der Waals surface area contributed by atoms with E-state index < -0.39 is 17.9 Å². The molecule has 2 N–H and O–H groups in total. The van der Waals surface area contributed by atoms with E-state index in [1.165, 1.54) is 6.08 Å². The summed E-state index contributed by atoms with van der Waals surface area (Å²) in [7, 11) is 0. The molecule has 1 atom stereocenters. The number of carbonyl (C=O) groups is 3. The molecule has 1 aliphatic heterocycles. The van der Waals surface area contributed by atoms with Crippen molar-refractivity contribution in [2.45, 2.75) is 18.9 Å². The van der Waals surface area contributed by atoms with E-state index in [9.17, 15) is 14.4 Å². The van der Waals surface area contributed by atoms with Gasteiger partial charge in [-0.2, -0.15) is 0 Å². The molecule has 7 heteroatoms. The van der Waals surface area contributed by atoms with Crippen LogP contribution in [0.4, 0.5) is 0 Å². The van der Waals surface area contributed by atoms with Gasteiger partial charge in [-0.1, -0.05) is 23.2 Å². The topological polar surface area (TPSA) is 75.3 Å². The molecule has 1 aliphatic rings. The first kappa shape index (κ1) is 15.5. The molecular weight excluding hydrogens is 315 g/mol. The highest BCUT2D eigenvalue weighted by Gasteiger charge is 2.27. The van der Waals surface area contributed by atoms with Crippen LogP contribution in [0, 0.1) is 0 Å². The molecule has 0 bridgehead atoms. The van der Waals surface area contributed by atoms with Gasteiger partial charge >= 0.3 is 0 Å². The third kappa shape index (κ3) is 4.58. The first-order valence-electron chi connectivity index (χ1n) is 6.22. The normalized spacial score (nSPS) is 18.7. The number of hydrogen-bond acceptors (Lipinski definition) is 3. The summed E-state index contributed by atoms with van der Waals surface area (Å²) < 4.78 is 0. The Morgan fingerprint density at radius 1 is 1.24 bits per heavy atom. The molecule has 1 unspecified atom stereocenters. The monoisotopic (exact) mass is 326 g/mol. The van der Waals surface area contributed by atoms with Gasteiger partial charge < -0.3 is 5.32 Å². The Morgan fingerprint density at radius 2 is 1.90 bits per heavy atom. The lowest BCUT2D eigenvalue weighted by atomic mass is 10.1. The fourth-order valence-electron chi connectivity index (χ4n) is 1.89. The van der Waals surface area contributed by atoms with Gasteiger partial charge in [0.2, 0.25) is 17.7 Å². The van der Waals surface area contributed by atoms with Crippen LogP contribution >= 0.6 is 23.2 Å². The van der Waals surface area contributed by atoms with Crippen molar-refractivity contribution in [2.24, 2.45) is 0 Å². The second kappa shape index (κ2) is 6.74. The predicted molar refractivity (Wildman–Crippen MR) is 79.8 cm³/mol. The summed E-state index contributed by atoms with van der Waals surface area (Å²) in [5.41, 5.74) is 0.672. The van der Waals surface area contributed by atoms with Crippen LogP contribution in [0.1, 0.15) is 18.4 Å². The fraction of sp³-hybridized carbons (Fsp3) is 0.214. The highest BCUT2D eigenvalue weighted by Crippen LogP contribution is 2.19. The van der Waals surface area contributed by atoms with E-state index in [1.807, 2.05) is 0 Å². The lowest BCUT2D eigenvalue weighted by Crippen LogP contribution is -2.51. The molecule has 0 spiro atoms. The minimum absolute atomic E-state index is 0.213. The highest BCUT2D eigenvalue weighted by molar-refractivity contribution is 6.34. The molecule has 0 aromatic heterocycles. The molecule has 0 radical (unpaired) electrons. The number of benzene rings is 1. The molecular formula is C14H12Cl2N2O3. The van der Waals surface area contributed by atoms with Crippen LogP contribution in [0.3, 0.4) is 0 Å². The molecule has 0 saturated carbocycles. The smallest absolute Gasteiger partial charge is 0.249 e. The minimum Gasteiger partial charge on any atom is -0.341 e. The molecule has 1 heterocycles. The summed E-state index contributed by atoms with van der Waals surface area (Å²) in [6.45, 7) is 0. The number of imide groups is 1. The van der Waals surface area contributed by atoms with E-state index in [2.05, 4.69) is 10.6 Å². The zero-order chi connectivity index (χ0) is 15.4. The van der Waals surface area contributed by atoms with Gasteiger partial charge in [-0.05, 0) is 36.3 Å². The Kier molecular flexibility index (Phi) is 4.98. The minimum atomic E-state index is -0.692. The standard InChI is InChI=1S/C14H12Cl2N2O3/c15-9-5-8(6-10(16)7-9)1-3-12(19)17-11-2-4-13(20)18-14(11)21/h1,3,5-7,11H,2,4H2,(H,17,19)(H,18,20,21). The van der Waals surface area contributed by atoms with E-state index >= 15 is 0 Å². The molecule has 1 aromatic rings. The van der Waals surface area contributed by atoms with E-state index in [1.54, 1.807) is 24.3 Å². The Bertz CT molecular complexity index is 608. The number of carbonyl (C=O) groups excluding carboxylic acids is 3. The maximum atomic E-state index is 11.8. The molecule has 1 saturated heterocycles. The second-order valence-electron chi connectivity index (χ2n) is 4.55. The first-order chi connectivity index (χ1) is 9.94. The summed E-state index contributed by atoms with van der Waals surface area (Å²) in [5, 5.41) is 5.64. The Balaban J connectivity index is 1.96. The summed E-state index contributed by atoms with van der Waals surface area (Å²) in [6, 6.07) is 4.21. The summed E-state index contributed by atoms with van der Waals surface area (Å²) in [4.78, 5) is 34.2. The lowest BCUT2D eigenvalue weighted by molar-refractivity contribution is -0.136. The van der Waals surface area contributed by atoms with Crippen LogP contribution in [0.15, 0.2) is 24.3 Å². The average Bonchev–Trinajstić information content (AvgIpc) is 2.39. The van der Waals surface area contributed by atoms with Gasteiger partial charge in [-0.15, -0.1) is 0 Å². The lowest BCUT2D eigenvalue weighted by Gasteiger charge is -2.20. The van der Waals surface area contributed by atoms with Crippen molar-refractivity contribution in [3.63, 3.8) is 0 Å². The van der Waals surface area contributed by atoms with Gasteiger partial charge in [-0.25, -0.2) is 0 Å². The SMILES string of the molecule is O=C(C=Cc1cc(Cl)cc(Cl)c1)NC1CCC(=O)NC1=O. The zero-order valence-electron chi connectivity index (χ0n) is 10.9. The van der Waals surface area contributed by atoms with Crippen LogP contribution in [0.2, 0.25) is 10.0 Å². The Labute approximate surface area is 131 Å². The van der Waals surface area contributed by atoms with Crippen molar-refractivity contribution < 1.29 is 14.4 Å². The van der Waals surface area contributed by atoms with Crippen molar-refractivity contribution in [3.05, 3.63) is 39.9 Å². The Hall–Kier alpha value is -1.85. The van der Waals surface area contributed by atoms with Gasteiger partial charge in [0.25, 0.3) is 0 Å². The third-order valence-electron chi connectivity index (χ3n) is 2.87. The van der Waals surface area contributed by atoms with Gasteiger partial charge in [-0.3, -0.25) is 19.7 Å². The summed E-state index contributed by atoms with van der Waals surface area (Å²) in [6.07, 6.45) is 3.34. The maximum absolute atomic E-state index is 11.8. The molecule has 110 valence electrons. The molecule has 5 nitrogen and oxygen atoms in total. The number of rotatable bonds is 3. The number of piperidine rings is 1. The molecule has 0 aliphatic carbocycles. The van der Waals surface area contributed by atoms with Crippen LogP contribution < -0.4 is 10.6 Å². The maximum Gasteiger partial charge on any atom is 0.249 e. The van der Waals surface area contributed by atoms with E-state index in [0.29, 0.717) is 22.0 Å². The van der Waals surface area contributed by atoms with Crippen molar-refractivity contribution in [1.29, 1.82) is 0 Å². The predicted octanol–water partition coefficient (Wildman–Crippen LogP) is 1.93. The van der Waals surface area contributed by atoms with Gasteiger partial charge in [0.15, 0.2) is 0 Å². The molecule has 1 aromatic carbocycles. The van der Waals surface area contributed by atoms with Crippen molar-refractivity contribution in [3.8, 4) is 0 Å². The van der Waals surface area contributed by atoms with E-state index in [0.717, 1.165) is 0 Å². The van der Waals surface area contributed by atoms with Crippen LogP contribution in [0.25, 0.3) is 6.08 Å². The molecule has 21 heavy (non-hydrogen) atoms. The van der Waals surface area contributed by atoms with Crippen LogP contribution in [-0.4, -0.2) is 23.8 Å². The fourth-order valence-corrected chi connectivity index (χ4v) is 2.44. The Morgan fingerprint density at radius 3 is 2.52 bits per heavy atom. The number of amides is 3. The summed E-state index contributed by atoms with van der Waals surface area (Å²) >= 11 is 11.7. The van der Waals surface area contributed by atoms with Gasteiger partial charge in [0, 0.05) is 22.5 Å². The highest BCUT2D eigenvalue weighted by atomic mass is 35.5. The first-order valence-corrected chi connectivity index (χ1v) is 6.98.